The number of hydrogen-bond donors (Lipinski definition) is 1. The zero-order valence-corrected chi connectivity index (χ0v) is 39.0. The van der Waals surface area contributed by atoms with E-state index in [0.717, 1.165) is 51.8 Å². The van der Waals surface area contributed by atoms with Crippen LogP contribution in [0.4, 0.5) is 11.4 Å². The number of anilines is 2. The molecule has 2 aliphatic rings. The van der Waals surface area contributed by atoms with Gasteiger partial charge in [-0.2, -0.15) is 0 Å². The van der Waals surface area contributed by atoms with Crippen molar-refractivity contribution >= 4 is 105 Å². The highest BCUT2D eigenvalue weighted by Crippen LogP contribution is 2.53. The summed E-state index contributed by atoms with van der Waals surface area (Å²) >= 11 is 1.95. The lowest BCUT2D eigenvalue weighted by Crippen LogP contribution is -2.37. The molecule has 12 rings (SSSR count). The predicted molar refractivity (Wildman–Crippen MR) is 274 cm³/mol. The van der Waals surface area contributed by atoms with Crippen LogP contribution in [0.2, 0.25) is 0 Å². The van der Waals surface area contributed by atoms with Crippen LogP contribution in [0.3, 0.4) is 0 Å². The van der Waals surface area contributed by atoms with Crippen molar-refractivity contribution in [3.63, 3.8) is 0 Å². The lowest BCUT2D eigenvalue weighted by molar-refractivity contribution is 0.332. The molecule has 0 fully saturated rings. The molecule has 0 saturated heterocycles. The van der Waals surface area contributed by atoms with E-state index in [1.54, 1.807) is 0 Å². The Labute approximate surface area is 375 Å². The molecule has 0 spiro atoms. The minimum absolute atomic E-state index is 0.00925. The summed E-state index contributed by atoms with van der Waals surface area (Å²) in [5.41, 5.74) is 18.5. The molecule has 1 radical (unpaired) electrons. The van der Waals surface area contributed by atoms with Crippen LogP contribution in [-0.2, 0) is 21.7 Å². The Bertz CT molecular complexity index is 3580. The summed E-state index contributed by atoms with van der Waals surface area (Å²) in [6, 6.07) is 43.7. The minimum Gasteiger partial charge on any atom is -0.456 e. The van der Waals surface area contributed by atoms with E-state index in [0.29, 0.717) is 0 Å². The maximum Gasteiger partial charge on any atom is 0.197 e. The maximum atomic E-state index is 6.61. The summed E-state index contributed by atoms with van der Waals surface area (Å²) in [6.07, 6.45) is 2.30. The average molecular weight is 838 g/mol. The van der Waals surface area contributed by atoms with E-state index >= 15 is 0 Å². The van der Waals surface area contributed by atoms with E-state index in [4.69, 9.17) is 4.42 Å². The maximum absolute atomic E-state index is 6.61. The normalized spacial score (nSPS) is 15.7. The van der Waals surface area contributed by atoms with Gasteiger partial charge in [0.2, 0.25) is 0 Å². The quantitative estimate of drug-likeness (QED) is 0.180. The van der Waals surface area contributed by atoms with Crippen molar-refractivity contribution in [1.82, 2.24) is 4.57 Å². The molecular weight excluding hydrogens is 784 g/mol. The first kappa shape index (κ1) is 38.9. The zero-order valence-electron chi connectivity index (χ0n) is 38.2. The fraction of sp³-hybridized carbons (Fsp3) is 0.276. The van der Waals surface area contributed by atoms with Crippen molar-refractivity contribution in [2.75, 3.05) is 5.32 Å². The van der Waals surface area contributed by atoms with Crippen LogP contribution in [0.5, 0.6) is 0 Å². The number of thiophene rings is 1. The number of para-hydroxylation sites is 1. The number of rotatable bonds is 3. The summed E-state index contributed by atoms with van der Waals surface area (Å²) in [7, 11) is 2.51. The van der Waals surface area contributed by atoms with Crippen molar-refractivity contribution in [2.45, 2.75) is 104 Å². The molecule has 1 N–H and O–H groups in total. The fourth-order valence-corrected chi connectivity index (χ4v) is 12.3. The molecule has 0 unspecified atom stereocenters. The van der Waals surface area contributed by atoms with Gasteiger partial charge in [-0.25, -0.2) is 0 Å². The second kappa shape index (κ2) is 12.9. The van der Waals surface area contributed by atoms with Gasteiger partial charge in [-0.05, 0) is 116 Å². The third kappa shape index (κ3) is 5.71. The molecule has 311 valence electrons. The van der Waals surface area contributed by atoms with E-state index in [-0.39, 0.29) is 21.7 Å². The van der Waals surface area contributed by atoms with Gasteiger partial charge in [-0.1, -0.05) is 135 Å². The molecule has 0 bridgehead atoms. The van der Waals surface area contributed by atoms with Crippen LogP contribution < -0.4 is 16.2 Å². The Morgan fingerprint density at radius 3 is 2.03 bits per heavy atom. The SMILES string of the molecule is CC(C)(C)c1ccc(Nc2cc3c(cc2-c2c4c5c(c6cc(C(C)(C)C)ccc6n5-c5cc6oc7ccccc7c6cc5[B]4)c4sc5ccccc5c24)C(C)(C)CCC3(C)C)cc1. The van der Waals surface area contributed by atoms with Crippen molar-refractivity contribution < 1.29 is 4.42 Å². The Balaban J connectivity index is 1.26. The molecule has 7 aromatic carbocycles. The summed E-state index contributed by atoms with van der Waals surface area (Å²) in [4.78, 5) is 0. The van der Waals surface area contributed by atoms with Gasteiger partial charge in [-0.15, -0.1) is 11.3 Å². The zero-order chi connectivity index (χ0) is 43.5. The first-order chi connectivity index (χ1) is 30.0. The van der Waals surface area contributed by atoms with Gasteiger partial charge in [0.1, 0.15) is 11.2 Å². The first-order valence-corrected chi connectivity index (χ1v) is 23.6. The van der Waals surface area contributed by atoms with Gasteiger partial charge in [-0.3, -0.25) is 0 Å². The third-order valence-corrected chi connectivity index (χ3v) is 16.0. The molecule has 0 saturated carbocycles. The van der Waals surface area contributed by atoms with Gasteiger partial charge in [0.15, 0.2) is 7.28 Å². The molecule has 0 atom stereocenters. The number of hydrogen-bond acceptors (Lipinski definition) is 3. The highest BCUT2D eigenvalue weighted by Gasteiger charge is 2.39. The lowest BCUT2D eigenvalue weighted by atomic mass is 9.58. The number of nitrogens with one attached hydrogen (secondary N) is 1. The second-order valence-electron chi connectivity index (χ2n) is 21.9. The molecule has 5 heteroatoms. The topological polar surface area (TPSA) is 30.1 Å². The predicted octanol–water partition coefficient (Wildman–Crippen LogP) is 15.4. The van der Waals surface area contributed by atoms with Crippen LogP contribution in [0.25, 0.3) is 80.7 Å². The number of benzene rings is 7. The van der Waals surface area contributed by atoms with Gasteiger partial charge in [0, 0.05) is 70.4 Å². The Morgan fingerprint density at radius 2 is 1.30 bits per heavy atom. The molecule has 10 aromatic rings. The minimum atomic E-state index is -0.00925. The lowest BCUT2D eigenvalue weighted by Gasteiger charge is -2.42. The van der Waals surface area contributed by atoms with Gasteiger partial charge < -0.3 is 14.3 Å². The van der Waals surface area contributed by atoms with Crippen molar-refractivity contribution in [3.8, 4) is 16.8 Å². The summed E-state index contributed by atoms with van der Waals surface area (Å²) in [5, 5.41) is 11.7. The van der Waals surface area contributed by atoms with Crippen LogP contribution >= 0.6 is 11.3 Å². The summed E-state index contributed by atoms with van der Waals surface area (Å²) in [6.45, 7) is 23.7. The summed E-state index contributed by atoms with van der Waals surface area (Å²) < 4.78 is 11.8. The number of fused-ring (bicyclic) bond motifs is 13. The molecule has 1 aliphatic heterocycles. The monoisotopic (exact) mass is 837 g/mol. The Kier molecular flexibility index (Phi) is 7.97. The van der Waals surface area contributed by atoms with E-state index < -0.39 is 0 Å². The van der Waals surface area contributed by atoms with Gasteiger partial charge >= 0.3 is 0 Å². The molecule has 4 heterocycles. The Morgan fingerprint density at radius 1 is 0.635 bits per heavy atom. The van der Waals surface area contributed by atoms with E-state index in [1.165, 1.54) is 86.3 Å². The van der Waals surface area contributed by atoms with Crippen LogP contribution in [0.1, 0.15) is 104 Å². The average Bonchev–Trinajstić information content (AvgIpc) is 3.92. The highest BCUT2D eigenvalue weighted by molar-refractivity contribution is 7.27. The second-order valence-corrected chi connectivity index (χ2v) is 23.0. The van der Waals surface area contributed by atoms with Crippen molar-refractivity contribution in [2.24, 2.45) is 0 Å². The van der Waals surface area contributed by atoms with E-state index in [9.17, 15) is 0 Å². The van der Waals surface area contributed by atoms with Crippen molar-refractivity contribution in [3.05, 3.63) is 138 Å². The fourth-order valence-electron chi connectivity index (χ4n) is 11.0. The van der Waals surface area contributed by atoms with E-state index in [2.05, 4.69) is 202 Å². The van der Waals surface area contributed by atoms with Crippen LogP contribution in [0.15, 0.2) is 120 Å². The third-order valence-electron chi connectivity index (χ3n) is 14.8. The Hall–Kier alpha value is -5.78. The molecule has 1 aliphatic carbocycles. The van der Waals surface area contributed by atoms with Crippen LogP contribution in [0, 0.1) is 0 Å². The first-order valence-electron chi connectivity index (χ1n) is 22.8. The molecule has 0 amide bonds. The number of nitrogens with zero attached hydrogens (tertiary/aromatic N) is 1. The number of aromatic nitrogens is 1. The molecular formula is C58H54BN2OS. The van der Waals surface area contributed by atoms with E-state index in [1.807, 2.05) is 11.3 Å². The van der Waals surface area contributed by atoms with Gasteiger partial charge in [0.05, 0.1) is 11.0 Å². The van der Waals surface area contributed by atoms with Crippen molar-refractivity contribution in [1.29, 1.82) is 0 Å². The van der Waals surface area contributed by atoms with Gasteiger partial charge in [0.25, 0.3) is 0 Å². The number of furan rings is 1. The largest absolute Gasteiger partial charge is 0.456 e. The molecule has 3 aromatic heterocycles. The standard InChI is InChI=1S/C58H54BN2OS/c1-55(2,3)32-19-22-34(23-20-32)60-43-30-41-40(57(7,8)25-26-58(41,9)10)28-38(43)49-50-36-16-12-14-18-48(36)63-54(50)51-39-27-33(56(4,5)6)21-24-44(39)61-45-31-47-37(29-42(45)59-52(49)53(51)61)35-15-11-13-17-46(35)62-47/h11-24,27-31,60H,25-26H2,1-10H3. The van der Waals surface area contributed by atoms with Crippen LogP contribution in [-0.4, -0.2) is 11.8 Å². The smallest absolute Gasteiger partial charge is 0.197 e. The molecule has 3 nitrogen and oxygen atoms in total. The summed E-state index contributed by atoms with van der Waals surface area (Å²) in [5.74, 6) is 0. The highest BCUT2D eigenvalue weighted by atomic mass is 32.1. The molecule has 63 heavy (non-hydrogen) atoms.